The largest absolute Gasteiger partial charge is 0.366 e. The number of nitrogens with one attached hydrogen (secondary N) is 2. The summed E-state index contributed by atoms with van der Waals surface area (Å²) in [5.41, 5.74) is 2.05. The van der Waals surface area contributed by atoms with Crippen LogP contribution in [0.5, 0.6) is 0 Å². The van der Waals surface area contributed by atoms with Crippen LogP contribution < -0.4 is 15.8 Å². The van der Waals surface area contributed by atoms with E-state index in [0.29, 0.717) is 31.3 Å². The van der Waals surface area contributed by atoms with Gasteiger partial charge in [0.15, 0.2) is 0 Å². The van der Waals surface area contributed by atoms with Crippen molar-refractivity contribution in [2.75, 3.05) is 17.2 Å². The molecule has 0 spiro atoms. The molecule has 1 aromatic carbocycles. The Morgan fingerprint density at radius 1 is 0.963 bits per heavy atom. The van der Waals surface area contributed by atoms with Crippen LogP contribution in [0.1, 0.15) is 11.1 Å². The van der Waals surface area contributed by atoms with Crippen molar-refractivity contribution >= 4 is 21.8 Å². The number of rotatable bonds is 8. The number of hydrogen-bond acceptors (Lipinski definition) is 7. The lowest BCUT2D eigenvalue weighted by Crippen LogP contribution is -2.12. The van der Waals surface area contributed by atoms with Crippen molar-refractivity contribution in [3.8, 4) is 0 Å². The molecule has 3 rings (SSSR count). The molecule has 2 aromatic heterocycles. The first-order valence-electron chi connectivity index (χ1n) is 8.32. The first-order chi connectivity index (χ1) is 13.0. The van der Waals surface area contributed by atoms with Crippen LogP contribution in [0.15, 0.2) is 66.0 Å². The van der Waals surface area contributed by atoms with Crippen LogP contribution in [-0.2, 0) is 23.0 Å². The summed E-state index contributed by atoms with van der Waals surface area (Å²) < 4.78 is 22.5. The highest BCUT2D eigenvalue weighted by molar-refractivity contribution is 7.89. The molecule has 0 aliphatic heterocycles. The molecular weight excluding hydrogens is 364 g/mol. The van der Waals surface area contributed by atoms with E-state index in [1.807, 2.05) is 12.1 Å². The summed E-state index contributed by atoms with van der Waals surface area (Å²) in [6.07, 6.45) is 5.91. The Morgan fingerprint density at radius 3 is 2.48 bits per heavy atom. The van der Waals surface area contributed by atoms with Gasteiger partial charge in [0.1, 0.15) is 5.82 Å². The van der Waals surface area contributed by atoms with Gasteiger partial charge in [0.2, 0.25) is 16.0 Å². The second kappa shape index (κ2) is 8.56. The number of aromatic nitrogens is 3. The first kappa shape index (κ1) is 18.7. The van der Waals surface area contributed by atoms with E-state index < -0.39 is 10.0 Å². The Morgan fingerprint density at radius 2 is 1.78 bits per heavy atom. The van der Waals surface area contributed by atoms with Gasteiger partial charge in [0, 0.05) is 31.7 Å². The van der Waals surface area contributed by atoms with Gasteiger partial charge in [-0.05, 0) is 41.8 Å². The van der Waals surface area contributed by atoms with Gasteiger partial charge in [-0.2, -0.15) is 4.98 Å². The molecule has 0 radical (unpaired) electrons. The van der Waals surface area contributed by atoms with Crippen molar-refractivity contribution in [2.24, 2.45) is 5.14 Å². The van der Waals surface area contributed by atoms with Crippen LogP contribution >= 0.6 is 0 Å². The molecular formula is C18H20N6O2S. The highest BCUT2D eigenvalue weighted by Gasteiger charge is 2.06. The van der Waals surface area contributed by atoms with Crippen molar-refractivity contribution < 1.29 is 8.42 Å². The zero-order valence-corrected chi connectivity index (χ0v) is 15.4. The standard InChI is InChI=1S/C18H20N6O2S/c19-27(25,26)16-5-3-14(4-6-16)7-10-21-18-22-11-8-17(24-18)23-13-15-2-1-9-20-12-15/h1-6,8-9,11-12H,7,10,13H2,(H2,19,25,26)(H2,21,22,23,24). The summed E-state index contributed by atoms with van der Waals surface area (Å²) in [4.78, 5) is 12.8. The van der Waals surface area contributed by atoms with Gasteiger partial charge >= 0.3 is 0 Å². The van der Waals surface area contributed by atoms with Gasteiger partial charge in [0.25, 0.3) is 0 Å². The summed E-state index contributed by atoms with van der Waals surface area (Å²) in [5.74, 6) is 1.24. The maximum Gasteiger partial charge on any atom is 0.238 e. The lowest BCUT2D eigenvalue weighted by atomic mass is 10.1. The highest BCUT2D eigenvalue weighted by Crippen LogP contribution is 2.11. The number of hydrogen-bond donors (Lipinski definition) is 3. The predicted molar refractivity (Wildman–Crippen MR) is 104 cm³/mol. The minimum atomic E-state index is -3.66. The Hall–Kier alpha value is -3.04. The third-order valence-electron chi connectivity index (χ3n) is 3.80. The zero-order valence-electron chi connectivity index (χ0n) is 14.5. The molecule has 27 heavy (non-hydrogen) atoms. The summed E-state index contributed by atoms with van der Waals surface area (Å²) in [6, 6.07) is 12.2. The fourth-order valence-corrected chi connectivity index (χ4v) is 2.92. The summed E-state index contributed by atoms with van der Waals surface area (Å²) in [7, 11) is -3.66. The van der Waals surface area contributed by atoms with E-state index in [1.54, 1.807) is 36.8 Å². The van der Waals surface area contributed by atoms with Crippen molar-refractivity contribution in [2.45, 2.75) is 17.9 Å². The molecule has 140 valence electrons. The lowest BCUT2D eigenvalue weighted by Gasteiger charge is -2.08. The smallest absolute Gasteiger partial charge is 0.238 e. The van der Waals surface area contributed by atoms with Crippen molar-refractivity contribution in [3.63, 3.8) is 0 Å². The molecule has 0 atom stereocenters. The van der Waals surface area contributed by atoms with Gasteiger partial charge in [-0.3, -0.25) is 4.98 Å². The molecule has 0 saturated carbocycles. The van der Waals surface area contributed by atoms with Gasteiger partial charge in [-0.25, -0.2) is 18.5 Å². The van der Waals surface area contributed by atoms with Gasteiger partial charge in [-0.1, -0.05) is 18.2 Å². The molecule has 2 heterocycles. The van der Waals surface area contributed by atoms with E-state index in [9.17, 15) is 8.42 Å². The van der Waals surface area contributed by atoms with Crippen LogP contribution in [-0.4, -0.2) is 29.9 Å². The third-order valence-corrected chi connectivity index (χ3v) is 4.73. The van der Waals surface area contributed by atoms with E-state index in [-0.39, 0.29) is 4.90 Å². The topological polar surface area (TPSA) is 123 Å². The van der Waals surface area contributed by atoms with Gasteiger partial charge in [-0.15, -0.1) is 0 Å². The molecule has 0 saturated heterocycles. The second-order valence-corrected chi connectivity index (χ2v) is 7.41. The van der Waals surface area contributed by atoms with Gasteiger partial charge in [0.05, 0.1) is 4.90 Å². The average Bonchev–Trinajstić information content (AvgIpc) is 2.67. The normalized spacial score (nSPS) is 11.1. The molecule has 0 unspecified atom stereocenters. The minimum Gasteiger partial charge on any atom is -0.366 e. The van der Waals surface area contributed by atoms with Crippen LogP contribution in [0.3, 0.4) is 0 Å². The molecule has 3 aromatic rings. The number of anilines is 2. The van der Waals surface area contributed by atoms with E-state index in [1.165, 1.54) is 12.1 Å². The van der Waals surface area contributed by atoms with Crippen molar-refractivity contribution in [1.29, 1.82) is 0 Å². The van der Waals surface area contributed by atoms with Crippen molar-refractivity contribution in [3.05, 3.63) is 72.2 Å². The fraction of sp³-hybridized carbons (Fsp3) is 0.167. The van der Waals surface area contributed by atoms with E-state index in [2.05, 4.69) is 25.6 Å². The Bertz CT molecular complexity index is 978. The first-order valence-corrected chi connectivity index (χ1v) is 9.87. The van der Waals surface area contributed by atoms with Crippen LogP contribution in [0.25, 0.3) is 0 Å². The number of pyridine rings is 1. The molecule has 0 aliphatic carbocycles. The summed E-state index contributed by atoms with van der Waals surface area (Å²) in [5, 5.41) is 11.5. The summed E-state index contributed by atoms with van der Waals surface area (Å²) >= 11 is 0. The predicted octanol–water partition coefficient (Wildman–Crippen LogP) is 1.79. The Balaban J connectivity index is 1.51. The molecule has 9 heteroatoms. The lowest BCUT2D eigenvalue weighted by molar-refractivity contribution is 0.598. The number of primary sulfonamides is 1. The quantitative estimate of drug-likeness (QED) is 0.541. The molecule has 0 bridgehead atoms. The zero-order chi connectivity index (χ0) is 19.1. The number of benzene rings is 1. The molecule has 8 nitrogen and oxygen atoms in total. The van der Waals surface area contributed by atoms with E-state index in [0.717, 1.165) is 11.1 Å². The van der Waals surface area contributed by atoms with Crippen LogP contribution in [0.2, 0.25) is 0 Å². The minimum absolute atomic E-state index is 0.106. The maximum absolute atomic E-state index is 11.3. The maximum atomic E-state index is 11.3. The fourth-order valence-electron chi connectivity index (χ4n) is 2.40. The highest BCUT2D eigenvalue weighted by atomic mass is 32.2. The molecule has 4 N–H and O–H groups in total. The SMILES string of the molecule is NS(=O)(=O)c1ccc(CCNc2nccc(NCc3cccnc3)n2)cc1. The van der Waals surface area contributed by atoms with Crippen LogP contribution in [0, 0.1) is 0 Å². The number of sulfonamides is 1. The molecule has 0 fully saturated rings. The third kappa shape index (κ3) is 5.73. The van der Waals surface area contributed by atoms with Crippen molar-refractivity contribution in [1.82, 2.24) is 15.0 Å². The second-order valence-electron chi connectivity index (χ2n) is 5.85. The molecule has 0 aliphatic rings. The summed E-state index contributed by atoms with van der Waals surface area (Å²) in [6.45, 7) is 1.24. The average molecular weight is 384 g/mol. The molecule has 0 amide bonds. The van der Waals surface area contributed by atoms with E-state index in [4.69, 9.17) is 5.14 Å². The number of nitrogens with two attached hydrogens (primary N) is 1. The van der Waals surface area contributed by atoms with E-state index >= 15 is 0 Å². The number of nitrogens with zero attached hydrogens (tertiary/aromatic N) is 3. The monoisotopic (exact) mass is 384 g/mol. The van der Waals surface area contributed by atoms with Gasteiger partial charge < -0.3 is 10.6 Å². The Labute approximate surface area is 157 Å². The van der Waals surface area contributed by atoms with Crippen LogP contribution in [0.4, 0.5) is 11.8 Å². The Kier molecular flexibility index (Phi) is 5.94.